The predicted molar refractivity (Wildman–Crippen MR) is 59.7 cm³/mol. The molecule has 1 aliphatic rings. The second-order valence-corrected chi connectivity index (χ2v) is 3.75. The molecule has 1 aliphatic heterocycles. The van der Waals surface area contributed by atoms with Gasteiger partial charge in [0, 0.05) is 26.2 Å². The molecule has 0 saturated carbocycles. The fourth-order valence-electron chi connectivity index (χ4n) is 1.55. The van der Waals surface area contributed by atoms with Crippen molar-refractivity contribution in [2.45, 2.75) is 6.42 Å². The lowest BCUT2D eigenvalue weighted by atomic mass is 10.3. The highest BCUT2D eigenvalue weighted by Gasteiger charge is 2.07. The van der Waals surface area contributed by atoms with Gasteiger partial charge in [-0.05, 0) is 33.6 Å². The van der Waals surface area contributed by atoms with Gasteiger partial charge in [-0.25, -0.2) is 0 Å². The molecule has 80 valence electrons. The molecule has 0 bridgehead atoms. The van der Waals surface area contributed by atoms with E-state index in [0.717, 1.165) is 0 Å². The van der Waals surface area contributed by atoms with Crippen LogP contribution in [0.2, 0.25) is 0 Å². The van der Waals surface area contributed by atoms with E-state index in [2.05, 4.69) is 29.2 Å². The first-order valence-corrected chi connectivity index (χ1v) is 4.87. The van der Waals surface area contributed by atoms with E-state index >= 15 is 0 Å². The lowest BCUT2D eigenvalue weighted by Gasteiger charge is -2.27. The number of hydrogen-bond acceptors (Lipinski definition) is 3. The molecule has 1 saturated heterocycles. The molecule has 0 aromatic heterocycles. The van der Waals surface area contributed by atoms with Crippen molar-refractivity contribution in [1.82, 2.24) is 15.1 Å². The maximum absolute atomic E-state index is 3.36. The van der Waals surface area contributed by atoms with E-state index in [4.69, 9.17) is 0 Å². The molecule has 13 heavy (non-hydrogen) atoms. The van der Waals surface area contributed by atoms with Crippen LogP contribution < -0.4 is 5.32 Å². The van der Waals surface area contributed by atoms with Crippen LogP contribution >= 0.6 is 12.4 Å². The van der Waals surface area contributed by atoms with Crippen molar-refractivity contribution in [2.75, 3.05) is 53.4 Å². The van der Waals surface area contributed by atoms with E-state index < -0.39 is 0 Å². The predicted octanol–water partition coefficient (Wildman–Crippen LogP) is 0.265. The number of hydrogen-bond donors (Lipinski definition) is 1. The Hall–Kier alpha value is 0.170. The van der Waals surface area contributed by atoms with Crippen LogP contribution in [-0.2, 0) is 0 Å². The highest BCUT2D eigenvalue weighted by Crippen LogP contribution is 1.94. The first kappa shape index (κ1) is 13.2. The molecule has 0 aromatic rings. The van der Waals surface area contributed by atoms with Crippen molar-refractivity contribution >= 4 is 12.4 Å². The van der Waals surface area contributed by atoms with E-state index in [-0.39, 0.29) is 12.4 Å². The summed E-state index contributed by atoms with van der Waals surface area (Å²) in [5, 5.41) is 3.36. The minimum Gasteiger partial charge on any atom is -0.314 e. The number of piperazine rings is 1. The fourth-order valence-corrected chi connectivity index (χ4v) is 1.55. The Kier molecular flexibility index (Phi) is 7.66. The first-order chi connectivity index (χ1) is 5.79. The van der Waals surface area contributed by atoms with Crippen LogP contribution in [0.15, 0.2) is 0 Å². The molecule has 0 atom stereocenters. The van der Waals surface area contributed by atoms with Gasteiger partial charge in [0.05, 0.1) is 0 Å². The van der Waals surface area contributed by atoms with Gasteiger partial charge in [-0.3, -0.25) is 0 Å². The largest absolute Gasteiger partial charge is 0.314 e. The van der Waals surface area contributed by atoms with E-state index in [9.17, 15) is 0 Å². The molecule has 1 fully saturated rings. The molecule has 1 rings (SSSR count). The average Bonchev–Trinajstić information content (AvgIpc) is 2.05. The van der Waals surface area contributed by atoms with Crippen molar-refractivity contribution in [3.8, 4) is 0 Å². The van der Waals surface area contributed by atoms with Gasteiger partial charge in [-0.15, -0.1) is 12.4 Å². The smallest absolute Gasteiger partial charge is 0.0107 e. The summed E-state index contributed by atoms with van der Waals surface area (Å²) in [5.74, 6) is 0. The van der Waals surface area contributed by atoms with E-state index in [1.807, 2.05) is 0 Å². The lowest BCUT2D eigenvalue weighted by molar-refractivity contribution is 0.228. The monoisotopic (exact) mass is 207 g/mol. The lowest BCUT2D eigenvalue weighted by Crippen LogP contribution is -2.44. The van der Waals surface area contributed by atoms with Gasteiger partial charge in [-0.1, -0.05) is 0 Å². The molecule has 3 nitrogen and oxygen atoms in total. The summed E-state index contributed by atoms with van der Waals surface area (Å²) in [7, 11) is 4.27. The zero-order valence-electron chi connectivity index (χ0n) is 8.75. The second kappa shape index (κ2) is 7.56. The zero-order chi connectivity index (χ0) is 8.81. The van der Waals surface area contributed by atoms with Crippen LogP contribution in [0.5, 0.6) is 0 Å². The second-order valence-electron chi connectivity index (χ2n) is 3.75. The summed E-state index contributed by atoms with van der Waals surface area (Å²) in [6, 6.07) is 0. The van der Waals surface area contributed by atoms with Crippen molar-refractivity contribution < 1.29 is 0 Å². The quantitative estimate of drug-likeness (QED) is 0.714. The molecule has 0 amide bonds. The van der Waals surface area contributed by atoms with E-state index in [1.54, 1.807) is 0 Å². The molecule has 0 spiro atoms. The number of rotatable bonds is 4. The van der Waals surface area contributed by atoms with Gasteiger partial charge >= 0.3 is 0 Å². The van der Waals surface area contributed by atoms with Crippen molar-refractivity contribution in [3.63, 3.8) is 0 Å². The maximum atomic E-state index is 3.36. The van der Waals surface area contributed by atoms with Crippen LogP contribution in [-0.4, -0.2) is 63.2 Å². The van der Waals surface area contributed by atoms with Crippen molar-refractivity contribution in [1.29, 1.82) is 0 Å². The standard InChI is InChI=1S/C9H21N3.ClH/c1-11(2)6-3-7-12-8-4-10-5-9-12;/h10H,3-9H2,1-2H3;1H. The minimum absolute atomic E-state index is 0. The van der Waals surface area contributed by atoms with Gasteiger partial charge in [0.2, 0.25) is 0 Å². The third-order valence-corrected chi connectivity index (χ3v) is 2.29. The highest BCUT2D eigenvalue weighted by molar-refractivity contribution is 5.85. The van der Waals surface area contributed by atoms with Gasteiger partial charge in [-0.2, -0.15) is 0 Å². The van der Waals surface area contributed by atoms with Gasteiger partial charge < -0.3 is 15.1 Å². The molecule has 1 N–H and O–H groups in total. The summed E-state index contributed by atoms with van der Waals surface area (Å²) in [5.41, 5.74) is 0. The zero-order valence-corrected chi connectivity index (χ0v) is 9.57. The molecule has 1 heterocycles. The van der Waals surface area contributed by atoms with Crippen LogP contribution in [0, 0.1) is 0 Å². The molecule has 0 aromatic carbocycles. The van der Waals surface area contributed by atoms with Gasteiger partial charge in [0.25, 0.3) is 0 Å². The Morgan fingerprint density at radius 3 is 2.38 bits per heavy atom. The van der Waals surface area contributed by atoms with Crippen molar-refractivity contribution in [2.24, 2.45) is 0 Å². The van der Waals surface area contributed by atoms with Crippen LogP contribution in [0.4, 0.5) is 0 Å². The molecule has 0 aliphatic carbocycles. The molecule has 4 heteroatoms. The number of nitrogens with zero attached hydrogens (tertiary/aromatic N) is 2. The van der Waals surface area contributed by atoms with Crippen LogP contribution in [0.25, 0.3) is 0 Å². The fraction of sp³-hybridized carbons (Fsp3) is 1.00. The molecular weight excluding hydrogens is 186 g/mol. The molecular formula is C9H22ClN3. The highest BCUT2D eigenvalue weighted by atomic mass is 35.5. The maximum Gasteiger partial charge on any atom is 0.0107 e. The Bertz CT molecular complexity index is 113. The third kappa shape index (κ3) is 6.27. The van der Waals surface area contributed by atoms with Gasteiger partial charge in [0.1, 0.15) is 0 Å². The topological polar surface area (TPSA) is 18.5 Å². The van der Waals surface area contributed by atoms with Crippen LogP contribution in [0.3, 0.4) is 0 Å². The van der Waals surface area contributed by atoms with Gasteiger partial charge in [0.15, 0.2) is 0 Å². The van der Waals surface area contributed by atoms with Crippen LogP contribution in [0.1, 0.15) is 6.42 Å². The van der Waals surface area contributed by atoms with E-state index in [0.29, 0.717) is 0 Å². The Morgan fingerprint density at radius 2 is 1.85 bits per heavy atom. The first-order valence-electron chi connectivity index (χ1n) is 4.87. The SMILES string of the molecule is CN(C)CCCN1CCNCC1.Cl. The summed E-state index contributed by atoms with van der Waals surface area (Å²) in [6.45, 7) is 7.27. The van der Waals surface area contributed by atoms with Crippen molar-refractivity contribution in [3.05, 3.63) is 0 Å². The third-order valence-electron chi connectivity index (χ3n) is 2.29. The summed E-state index contributed by atoms with van der Waals surface area (Å²) >= 11 is 0. The minimum atomic E-state index is 0. The summed E-state index contributed by atoms with van der Waals surface area (Å²) < 4.78 is 0. The number of nitrogens with one attached hydrogen (secondary N) is 1. The Morgan fingerprint density at radius 1 is 1.23 bits per heavy atom. The molecule has 0 radical (unpaired) electrons. The summed E-state index contributed by atoms with van der Waals surface area (Å²) in [6.07, 6.45) is 1.30. The molecule has 0 unspecified atom stereocenters. The normalized spacial score (nSPS) is 18.7. The van der Waals surface area contributed by atoms with E-state index in [1.165, 1.54) is 45.7 Å². The average molecular weight is 208 g/mol. The summed E-state index contributed by atoms with van der Waals surface area (Å²) in [4.78, 5) is 4.79. The number of halogens is 1. The Labute approximate surface area is 87.9 Å². The Balaban J connectivity index is 0.00000144.